The van der Waals surface area contributed by atoms with Crippen LogP contribution in [-0.2, 0) is 0 Å². The summed E-state index contributed by atoms with van der Waals surface area (Å²) >= 11 is 0. The van der Waals surface area contributed by atoms with E-state index in [9.17, 15) is 0 Å². The van der Waals surface area contributed by atoms with Crippen LogP contribution in [0.5, 0.6) is 0 Å². The highest BCUT2D eigenvalue weighted by atomic mass is 16.4. The first-order valence-electron chi connectivity index (χ1n) is 17.8. The molecule has 0 radical (unpaired) electrons. The molecule has 0 bridgehead atoms. The lowest BCUT2D eigenvalue weighted by atomic mass is 9.99. The summed E-state index contributed by atoms with van der Waals surface area (Å²) in [6, 6.07) is 67.8. The average Bonchev–Trinajstić information content (AvgIpc) is 3.82. The standard InChI is InChI=1S/C49H32N2O2/c1-4-11-33(12-5-1)37-15-10-16-38(29-37)34-19-24-41(25-20-34)51(40-17-8-3-9-18-40)42-26-21-35(22-27-42)39-23-28-46-43(30-39)44-31-45-48(32-47(44)52-46)53-49(50-45)36-13-6-2-7-14-36/h1-32H. The van der Waals surface area contributed by atoms with Crippen LogP contribution in [0.4, 0.5) is 17.1 Å². The maximum atomic E-state index is 6.28. The third-order valence-electron chi connectivity index (χ3n) is 9.90. The van der Waals surface area contributed by atoms with Gasteiger partial charge in [-0.3, -0.25) is 0 Å². The van der Waals surface area contributed by atoms with E-state index in [-0.39, 0.29) is 0 Å². The molecule has 4 heteroatoms. The second-order valence-electron chi connectivity index (χ2n) is 13.2. The molecule has 0 fully saturated rings. The van der Waals surface area contributed by atoms with Crippen LogP contribution in [0.15, 0.2) is 203 Å². The van der Waals surface area contributed by atoms with Crippen molar-refractivity contribution in [3.05, 3.63) is 194 Å². The molecule has 10 rings (SSSR count). The Hall–Kier alpha value is -7.17. The predicted octanol–water partition coefficient (Wildman–Crippen LogP) is 13.9. The first-order chi connectivity index (χ1) is 26.2. The summed E-state index contributed by atoms with van der Waals surface area (Å²) in [7, 11) is 0. The fourth-order valence-corrected chi connectivity index (χ4v) is 7.22. The van der Waals surface area contributed by atoms with Crippen molar-refractivity contribution < 1.29 is 8.83 Å². The van der Waals surface area contributed by atoms with Gasteiger partial charge in [-0.1, -0.05) is 115 Å². The normalized spacial score (nSPS) is 11.4. The van der Waals surface area contributed by atoms with Gasteiger partial charge in [0.25, 0.3) is 0 Å². The first-order valence-corrected chi connectivity index (χ1v) is 17.8. The van der Waals surface area contributed by atoms with Crippen molar-refractivity contribution in [2.75, 3.05) is 4.90 Å². The Morgan fingerprint density at radius 1 is 0.321 bits per heavy atom. The molecule has 0 atom stereocenters. The van der Waals surface area contributed by atoms with Gasteiger partial charge in [0.05, 0.1) is 0 Å². The highest BCUT2D eigenvalue weighted by Crippen LogP contribution is 2.39. The van der Waals surface area contributed by atoms with Crippen LogP contribution in [0.1, 0.15) is 0 Å². The molecule has 2 aromatic heterocycles. The smallest absolute Gasteiger partial charge is 0.227 e. The summed E-state index contributed by atoms with van der Waals surface area (Å²) in [5.74, 6) is 0.604. The Morgan fingerprint density at radius 3 is 1.45 bits per heavy atom. The van der Waals surface area contributed by atoms with Gasteiger partial charge in [-0.15, -0.1) is 0 Å². The van der Waals surface area contributed by atoms with Crippen molar-refractivity contribution >= 4 is 50.1 Å². The summed E-state index contributed by atoms with van der Waals surface area (Å²) in [4.78, 5) is 7.10. The second kappa shape index (κ2) is 12.9. The minimum Gasteiger partial charge on any atom is -0.456 e. The molecule has 0 spiro atoms. The van der Waals surface area contributed by atoms with Gasteiger partial charge in [-0.25, -0.2) is 4.98 Å². The summed E-state index contributed by atoms with van der Waals surface area (Å²) < 4.78 is 12.4. The van der Waals surface area contributed by atoms with E-state index in [1.165, 1.54) is 22.3 Å². The molecule has 250 valence electrons. The number of anilines is 3. The van der Waals surface area contributed by atoms with Crippen molar-refractivity contribution in [2.45, 2.75) is 0 Å². The van der Waals surface area contributed by atoms with Crippen LogP contribution in [-0.4, -0.2) is 4.98 Å². The number of hydrogen-bond donors (Lipinski definition) is 0. The van der Waals surface area contributed by atoms with Crippen LogP contribution < -0.4 is 4.90 Å². The summed E-state index contributed by atoms with van der Waals surface area (Å²) in [6.07, 6.45) is 0. The first kappa shape index (κ1) is 30.6. The number of hydrogen-bond acceptors (Lipinski definition) is 4. The monoisotopic (exact) mass is 680 g/mol. The molecule has 0 saturated heterocycles. The van der Waals surface area contributed by atoms with Crippen molar-refractivity contribution in [1.29, 1.82) is 0 Å². The molecule has 0 saturated carbocycles. The summed E-state index contributed by atoms with van der Waals surface area (Å²) in [5, 5.41) is 2.07. The lowest BCUT2D eigenvalue weighted by molar-refractivity contribution is 0.617. The summed E-state index contributed by atoms with van der Waals surface area (Å²) in [6.45, 7) is 0. The van der Waals surface area contributed by atoms with E-state index in [1.807, 2.05) is 36.4 Å². The topological polar surface area (TPSA) is 42.4 Å². The van der Waals surface area contributed by atoms with Gasteiger partial charge in [0.15, 0.2) is 5.58 Å². The van der Waals surface area contributed by atoms with Gasteiger partial charge < -0.3 is 13.7 Å². The van der Waals surface area contributed by atoms with E-state index in [0.717, 1.165) is 61.2 Å². The Morgan fingerprint density at radius 2 is 0.811 bits per heavy atom. The fraction of sp³-hybridized carbons (Fsp3) is 0. The molecule has 2 heterocycles. The molecule has 4 nitrogen and oxygen atoms in total. The molecule has 53 heavy (non-hydrogen) atoms. The zero-order valence-electron chi connectivity index (χ0n) is 28.7. The third kappa shape index (κ3) is 5.73. The van der Waals surface area contributed by atoms with Crippen LogP contribution in [0, 0.1) is 0 Å². The number of oxazole rings is 1. The van der Waals surface area contributed by atoms with Crippen LogP contribution in [0.3, 0.4) is 0 Å². The van der Waals surface area contributed by atoms with Crippen molar-refractivity contribution in [2.24, 2.45) is 0 Å². The lowest BCUT2D eigenvalue weighted by Gasteiger charge is -2.26. The highest BCUT2D eigenvalue weighted by molar-refractivity contribution is 6.10. The number of furan rings is 1. The zero-order valence-corrected chi connectivity index (χ0v) is 28.7. The molecule has 0 unspecified atom stereocenters. The molecule has 10 aromatic rings. The number of aromatic nitrogens is 1. The van der Waals surface area contributed by atoms with Gasteiger partial charge in [0, 0.05) is 39.5 Å². The number of benzene rings is 8. The highest BCUT2D eigenvalue weighted by Gasteiger charge is 2.16. The molecule has 0 aliphatic carbocycles. The molecule has 0 aliphatic rings. The van der Waals surface area contributed by atoms with Gasteiger partial charge in [-0.05, 0) is 106 Å². The molecule has 0 N–H and O–H groups in total. The van der Waals surface area contributed by atoms with E-state index < -0.39 is 0 Å². The van der Waals surface area contributed by atoms with Gasteiger partial charge >= 0.3 is 0 Å². The van der Waals surface area contributed by atoms with Gasteiger partial charge in [0.1, 0.15) is 16.7 Å². The predicted molar refractivity (Wildman–Crippen MR) is 218 cm³/mol. The SMILES string of the molecule is c1ccc(-c2cccc(-c3ccc(N(c4ccccc4)c4ccc(-c5ccc6oc7cc8oc(-c9ccccc9)nc8cc7c6c5)cc4)cc3)c2)cc1. The van der Waals surface area contributed by atoms with Crippen molar-refractivity contribution in [1.82, 2.24) is 4.98 Å². The van der Waals surface area contributed by atoms with Crippen LogP contribution in [0.2, 0.25) is 0 Å². The maximum absolute atomic E-state index is 6.28. The fourth-order valence-electron chi connectivity index (χ4n) is 7.22. The lowest BCUT2D eigenvalue weighted by Crippen LogP contribution is -2.09. The number of para-hydroxylation sites is 1. The van der Waals surface area contributed by atoms with E-state index in [1.54, 1.807) is 0 Å². The van der Waals surface area contributed by atoms with E-state index in [0.29, 0.717) is 11.5 Å². The molecular weight excluding hydrogens is 649 g/mol. The Balaban J connectivity index is 0.971. The minimum atomic E-state index is 0.604. The molecule has 8 aromatic carbocycles. The number of fused-ring (bicyclic) bond motifs is 4. The minimum absolute atomic E-state index is 0.604. The third-order valence-corrected chi connectivity index (χ3v) is 9.90. The molecule has 0 amide bonds. The van der Waals surface area contributed by atoms with Crippen LogP contribution in [0.25, 0.3) is 77.9 Å². The Kier molecular flexibility index (Phi) is 7.43. The number of rotatable bonds is 7. The average molecular weight is 681 g/mol. The van der Waals surface area contributed by atoms with Crippen molar-refractivity contribution in [3.8, 4) is 44.8 Å². The van der Waals surface area contributed by atoms with Gasteiger partial charge in [0.2, 0.25) is 5.89 Å². The zero-order chi connectivity index (χ0) is 35.1. The van der Waals surface area contributed by atoms with E-state index in [4.69, 9.17) is 13.8 Å². The quantitative estimate of drug-likeness (QED) is 0.168. The van der Waals surface area contributed by atoms with Gasteiger partial charge in [-0.2, -0.15) is 0 Å². The maximum Gasteiger partial charge on any atom is 0.227 e. The van der Waals surface area contributed by atoms with Crippen LogP contribution >= 0.6 is 0 Å². The summed E-state index contributed by atoms with van der Waals surface area (Å²) in [5.41, 5.74) is 14.4. The Bertz CT molecular complexity index is 2860. The largest absolute Gasteiger partial charge is 0.456 e. The second-order valence-corrected chi connectivity index (χ2v) is 13.2. The molecular formula is C49H32N2O2. The Labute approximate surface area is 306 Å². The van der Waals surface area contributed by atoms with E-state index in [2.05, 4.69) is 163 Å². The number of nitrogens with zero attached hydrogens (tertiary/aromatic N) is 2. The van der Waals surface area contributed by atoms with E-state index >= 15 is 0 Å². The van der Waals surface area contributed by atoms with Crippen molar-refractivity contribution in [3.63, 3.8) is 0 Å². The molecule has 0 aliphatic heterocycles.